The molecule has 0 heterocycles. The molecular weight excluding hydrogens is 216 g/mol. The van der Waals surface area contributed by atoms with Gasteiger partial charge < -0.3 is 5.11 Å². The van der Waals surface area contributed by atoms with Crippen LogP contribution in [-0.4, -0.2) is 23.1 Å². The lowest BCUT2D eigenvalue weighted by Crippen LogP contribution is -1.98. The molecule has 0 radical (unpaired) electrons. The summed E-state index contributed by atoms with van der Waals surface area (Å²) >= 11 is 3.12. The first-order valence-corrected chi connectivity index (χ1v) is 6.53. The highest BCUT2D eigenvalue weighted by atomic mass is 32.2. The molecule has 76 valence electrons. The van der Waals surface area contributed by atoms with Crippen LogP contribution in [0.25, 0.3) is 0 Å². The molecule has 0 aromatic heterocycles. The fourth-order valence-corrected chi connectivity index (χ4v) is 2.49. The fourth-order valence-electron chi connectivity index (χ4n) is 1.06. The van der Waals surface area contributed by atoms with Crippen molar-refractivity contribution in [3.05, 3.63) is 29.8 Å². The minimum absolute atomic E-state index is 0.130. The van der Waals surface area contributed by atoms with Crippen molar-refractivity contribution in [1.82, 2.24) is 0 Å². The Labute approximate surface area is 92.1 Å². The van der Waals surface area contributed by atoms with Gasteiger partial charge in [0.25, 0.3) is 0 Å². The highest BCUT2D eigenvalue weighted by molar-refractivity contribution is 8.00. The van der Waals surface area contributed by atoms with Crippen LogP contribution < -0.4 is 0 Å². The quantitative estimate of drug-likeness (QED) is 0.786. The number of carboxylic acids is 1. The lowest BCUT2D eigenvalue weighted by Gasteiger charge is -2.05. The van der Waals surface area contributed by atoms with Crippen molar-refractivity contribution in [1.29, 1.82) is 0 Å². The number of aliphatic carboxylic acids is 1. The van der Waals surface area contributed by atoms with E-state index < -0.39 is 5.97 Å². The predicted octanol–water partition coefficient (Wildman–Crippen LogP) is 2.73. The predicted molar refractivity (Wildman–Crippen MR) is 62.0 cm³/mol. The van der Waals surface area contributed by atoms with Crippen LogP contribution in [0.1, 0.15) is 5.56 Å². The third-order valence-electron chi connectivity index (χ3n) is 1.62. The van der Waals surface area contributed by atoms with Crippen molar-refractivity contribution in [2.75, 3.05) is 12.0 Å². The van der Waals surface area contributed by atoms with Crippen LogP contribution in [0.4, 0.5) is 0 Å². The second-order valence-corrected chi connectivity index (χ2v) is 4.61. The van der Waals surface area contributed by atoms with Gasteiger partial charge in [0.1, 0.15) is 0 Å². The Bertz CT molecular complexity index is 313. The van der Waals surface area contributed by atoms with Crippen molar-refractivity contribution in [3.8, 4) is 0 Å². The average Bonchev–Trinajstić information content (AvgIpc) is 2.17. The Morgan fingerprint density at radius 3 is 2.79 bits per heavy atom. The summed E-state index contributed by atoms with van der Waals surface area (Å²) in [6.07, 6.45) is 2.04. The lowest BCUT2D eigenvalue weighted by atomic mass is 10.2. The van der Waals surface area contributed by atoms with Crippen molar-refractivity contribution in [3.63, 3.8) is 0 Å². The van der Waals surface area contributed by atoms with Crippen molar-refractivity contribution in [2.24, 2.45) is 0 Å². The minimum Gasteiger partial charge on any atom is -0.481 e. The molecule has 1 rings (SSSR count). The van der Waals surface area contributed by atoms with E-state index in [1.54, 1.807) is 11.8 Å². The largest absolute Gasteiger partial charge is 0.481 e. The number of carboxylic acid groups (broad SMARTS) is 1. The monoisotopic (exact) mass is 228 g/mol. The highest BCUT2D eigenvalue weighted by Crippen LogP contribution is 2.24. The summed E-state index contributed by atoms with van der Waals surface area (Å²) in [6.45, 7) is 0. The van der Waals surface area contributed by atoms with Crippen LogP contribution in [0.5, 0.6) is 0 Å². The zero-order valence-electron chi connectivity index (χ0n) is 7.90. The number of hydrogen-bond acceptors (Lipinski definition) is 3. The van der Waals surface area contributed by atoms with Gasteiger partial charge in [-0.05, 0) is 17.9 Å². The molecule has 1 aromatic rings. The molecule has 0 saturated heterocycles. The zero-order valence-corrected chi connectivity index (χ0v) is 9.53. The molecule has 0 saturated carbocycles. The molecule has 0 aliphatic rings. The van der Waals surface area contributed by atoms with Gasteiger partial charge in [0.05, 0.1) is 5.75 Å². The molecule has 2 nitrogen and oxygen atoms in total. The Morgan fingerprint density at radius 2 is 2.14 bits per heavy atom. The van der Waals surface area contributed by atoms with E-state index >= 15 is 0 Å². The molecule has 4 heteroatoms. The first-order valence-electron chi connectivity index (χ1n) is 4.15. The van der Waals surface area contributed by atoms with E-state index in [9.17, 15) is 4.79 Å². The Balaban J connectivity index is 2.68. The Kier molecular flexibility index (Phi) is 4.90. The maximum Gasteiger partial charge on any atom is 0.313 e. The zero-order chi connectivity index (χ0) is 10.4. The van der Waals surface area contributed by atoms with Crippen LogP contribution in [0.2, 0.25) is 0 Å². The van der Waals surface area contributed by atoms with E-state index in [-0.39, 0.29) is 5.75 Å². The summed E-state index contributed by atoms with van der Waals surface area (Å²) in [5, 5.41) is 8.57. The van der Waals surface area contributed by atoms with Gasteiger partial charge in [-0.25, -0.2) is 0 Å². The van der Waals surface area contributed by atoms with E-state index in [2.05, 4.69) is 0 Å². The van der Waals surface area contributed by atoms with Gasteiger partial charge in [0.2, 0.25) is 0 Å². The highest BCUT2D eigenvalue weighted by Gasteiger charge is 2.04. The van der Waals surface area contributed by atoms with Crippen LogP contribution in [0.3, 0.4) is 0 Å². The van der Waals surface area contributed by atoms with Crippen molar-refractivity contribution >= 4 is 29.5 Å². The van der Waals surface area contributed by atoms with Gasteiger partial charge in [-0.3, -0.25) is 4.79 Å². The first-order chi connectivity index (χ1) is 6.74. The second-order valence-electron chi connectivity index (χ2n) is 2.72. The van der Waals surface area contributed by atoms with Crippen LogP contribution in [-0.2, 0) is 10.5 Å². The van der Waals surface area contributed by atoms with Crippen LogP contribution in [0, 0.1) is 0 Å². The molecule has 0 aliphatic carbocycles. The number of hydrogen-bond donors (Lipinski definition) is 1. The lowest BCUT2D eigenvalue weighted by molar-refractivity contribution is -0.133. The number of rotatable bonds is 5. The second kappa shape index (κ2) is 5.98. The third kappa shape index (κ3) is 3.64. The standard InChI is InChI=1S/C10H12O2S2/c1-13-6-8-4-2-3-5-9(8)14-7-10(11)12/h2-5H,6-7H2,1H3,(H,11,12). The molecular formula is C10H12O2S2. The van der Waals surface area contributed by atoms with Gasteiger partial charge >= 0.3 is 5.97 Å². The fraction of sp³-hybridized carbons (Fsp3) is 0.300. The van der Waals surface area contributed by atoms with Gasteiger partial charge in [-0.2, -0.15) is 11.8 Å². The Hall–Kier alpha value is -0.610. The van der Waals surface area contributed by atoms with Crippen molar-refractivity contribution in [2.45, 2.75) is 10.6 Å². The molecule has 0 amide bonds. The summed E-state index contributed by atoms with van der Waals surface area (Å²) in [5.41, 5.74) is 1.21. The van der Waals surface area contributed by atoms with E-state index in [4.69, 9.17) is 5.11 Å². The summed E-state index contributed by atoms with van der Waals surface area (Å²) in [6, 6.07) is 7.93. The van der Waals surface area contributed by atoms with E-state index in [1.165, 1.54) is 17.3 Å². The summed E-state index contributed by atoms with van der Waals surface area (Å²) < 4.78 is 0. The van der Waals surface area contributed by atoms with Gasteiger partial charge in [-0.1, -0.05) is 18.2 Å². The third-order valence-corrected chi connectivity index (χ3v) is 3.32. The molecule has 0 unspecified atom stereocenters. The molecule has 0 fully saturated rings. The van der Waals surface area contributed by atoms with Gasteiger partial charge in [0, 0.05) is 10.6 Å². The topological polar surface area (TPSA) is 37.3 Å². The maximum absolute atomic E-state index is 10.4. The molecule has 0 aliphatic heterocycles. The molecule has 0 bridgehead atoms. The molecule has 0 atom stereocenters. The Morgan fingerprint density at radius 1 is 1.43 bits per heavy atom. The molecule has 1 N–H and O–H groups in total. The van der Waals surface area contributed by atoms with E-state index in [0.29, 0.717) is 0 Å². The SMILES string of the molecule is CSCc1ccccc1SCC(=O)O. The van der Waals surface area contributed by atoms with Crippen molar-refractivity contribution < 1.29 is 9.90 Å². The van der Waals surface area contributed by atoms with E-state index in [0.717, 1.165) is 10.6 Å². The average molecular weight is 228 g/mol. The molecule has 1 aromatic carbocycles. The van der Waals surface area contributed by atoms with Crippen LogP contribution in [0.15, 0.2) is 29.2 Å². The summed E-state index contributed by atoms with van der Waals surface area (Å²) in [5.74, 6) is 0.294. The summed E-state index contributed by atoms with van der Waals surface area (Å²) in [4.78, 5) is 11.5. The summed E-state index contributed by atoms with van der Waals surface area (Å²) in [7, 11) is 0. The van der Waals surface area contributed by atoms with E-state index in [1.807, 2.05) is 30.5 Å². The van der Waals surface area contributed by atoms with Gasteiger partial charge in [0.15, 0.2) is 0 Å². The molecule has 14 heavy (non-hydrogen) atoms. The number of benzene rings is 1. The number of thioether (sulfide) groups is 2. The minimum atomic E-state index is -0.769. The normalized spacial score (nSPS) is 10.1. The first kappa shape index (κ1) is 11.5. The number of carbonyl (C=O) groups is 1. The smallest absolute Gasteiger partial charge is 0.313 e. The van der Waals surface area contributed by atoms with Crippen LogP contribution >= 0.6 is 23.5 Å². The molecule has 0 spiro atoms. The maximum atomic E-state index is 10.4. The van der Waals surface area contributed by atoms with Gasteiger partial charge in [-0.15, -0.1) is 11.8 Å².